The molecule has 0 aliphatic carbocycles. The number of nitrogens with two attached hydrogens (primary N) is 1. The Morgan fingerprint density at radius 2 is 2.33 bits per heavy atom. The monoisotopic (exact) mass is 146 g/mol. The van der Waals surface area contributed by atoms with Gasteiger partial charge < -0.3 is 5.73 Å². The summed E-state index contributed by atoms with van der Waals surface area (Å²) in [5.74, 6) is -0.265. The molecule has 1 fully saturated rings. The van der Waals surface area contributed by atoms with Gasteiger partial charge in [-0.05, 0) is 13.8 Å². The molecule has 1 aliphatic heterocycles. The van der Waals surface area contributed by atoms with E-state index in [-0.39, 0.29) is 16.7 Å². The van der Waals surface area contributed by atoms with E-state index >= 15 is 0 Å². The van der Waals surface area contributed by atoms with E-state index in [0.29, 0.717) is 0 Å². The lowest BCUT2D eigenvalue weighted by Crippen LogP contribution is -2.60. The van der Waals surface area contributed by atoms with Crippen LogP contribution >= 0.6 is 11.9 Å². The number of primary amides is 1. The SMILES string of the molecule is CC1(C)SN[C@@H]1C(N)=O. The number of nitrogens with one attached hydrogen (secondary N) is 1. The molecule has 0 bridgehead atoms. The van der Waals surface area contributed by atoms with Crippen LogP contribution in [0.15, 0.2) is 0 Å². The van der Waals surface area contributed by atoms with Crippen molar-refractivity contribution < 1.29 is 4.79 Å². The van der Waals surface area contributed by atoms with Crippen molar-refractivity contribution in [1.29, 1.82) is 0 Å². The number of carbonyl (C=O) groups is 1. The summed E-state index contributed by atoms with van der Waals surface area (Å²) in [5, 5.41) is 0. The zero-order chi connectivity index (χ0) is 7.07. The van der Waals surface area contributed by atoms with E-state index in [2.05, 4.69) is 4.72 Å². The molecule has 0 aromatic carbocycles. The first-order valence-electron chi connectivity index (χ1n) is 2.77. The first kappa shape index (κ1) is 6.89. The Labute approximate surface area is 58.5 Å². The molecule has 0 aromatic heterocycles. The maximum absolute atomic E-state index is 10.5. The summed E-state index contributed by atoms with van der Waals surface area (Å²) >= 11 is 1.55. The van der Waals surface area contributed by atoms with Crippen LogP contribution in [0.3, 0.4) is 0 Å². The minimum absolute atomic E-state index is 0.00810. The number of amides is 1. The van der Waals surface area contributed by atoms with E-state index in [0.717, 1.165) is 0 Å². The molecule has 1 rings (SSSR count). The first-order valence-corrected chi connectivity index (χ1v) is 3.58. The fourth-order valence-corrected chi connectivity index (χ4v) is 1.69. The molecule has 4 heteroatoms. The third-order valence-corrected chi connectivity index (χ3v) is 2.53. The van der Waals surface area contributed by atoms with Crippen LogP contribution in [0, 0.1) is 0 Å². The van der Waals surface area contributed by atoms with Gasteiger partial charge in [0.1, 0.15) is 6.04 Å². The highest BCUT2D eigenvalue weighted by atomic mass is 32.2. The van der Waals surface area contributed by atoms with E-state index in [4.69, 9.17) is 5.73 Å². The molecular formula is C5H10N2OS. The van der Waals surface area contributed by atoms with Crippen LogP contribution in [-0.4, -0.2) is 16.7 Å². The summed E-state index contributed by atoms with van der Waals surface area (Å²) in [4.78, 5) is 10.5. The molecule has 0 saturated carbocycles. The Hall–Kier alpha value is -0.220. The molecule has 52 valence electrons. The smallest absolute Gasteiger partial charge is 0.236 e. The molecule has 1 saturated heterocycles. The Morgan fingerprint density at radius 1 is 1.78 bits per heavy atom. The predicted molar refractivity (Wildman–Crippen MR) is 37.8 cm³/mol. The Balaban J connectivity index is 2.55. The number of rotatable bonds is 1. The number of hydrogen-bond acceptors (Lipinski definition) is 3. The quantitative estimate of drug-likeness (QED) is 0.507. The third-order valence-electron chi connectivity index (χ3n) is 1.42. The summed E-state index contributed by atoms with van der Waals surface area (Å²) < 4.78 is 2.87. The molecule has 3 N–H and O–H groups in total. The Bertz CT molecular complexity index is 146. The van der Waals surface area contributed by atoms with Gasteiger partial charge in [-0.1, -0.05) is 11.9 Å². The van der Waals surface area contributed by atoms with Gasteiger partial charge in [0.2, 0.25) is 5.91 Å². The van der Waals surface area contributed by atoms with Crippen LogP contribution in [0.25, 0.3) is 0 Å². The third kappa shape index (κ3) is 1.04. The van der Waals surface area contributed by atoms with Crippen molar-refractivity contribution in [3.8, 4) is 0 Å². The largest absolute Gasteiger partial charge is 0.368 e. The van der Waals surface area contributed by atoms with Crippen molar-refractivity contribution in [3.05, 3.63) is 0 Å². The van der Waals surface area contributed by atoms with Crippen molar-refractivity contribution in [1.82, 2.24) is 4.72 Å². The second kappa shape index (κ2) is 1.88. The zero-order valence-electron chi connectivity index (χ0n) is 5.47. The minimum Gasteiger partial charge on any atom is -0.368 e. The zero-order valence-corrected chi connectivity index (χ0v) is 6.29. The maximum Gasteiger partial charge on any atom is 0.236 e. The van der Waals surface area contributed by atoms with Crippen molar-refractivity contribution in [2.45, 2.75) is 24.6 Å². The van der Waals surface area contributed by atoms with Gasteiger partial charge in [-0.3, -0.25) is 4.79 Å². The lowest BCUT2D eigenvalue weighted by atomic mass is 10.0. The van der Waals surface area contributed by atoms with E-state index in [1.807, 2.05) is 13.8 Å². The molecule has 9 heavy (non-hydrogen) atoms. The highest BCUT2D eigenvalue weighted by Gasteiger charge is 2.43. The summed E-state index contributed by atoms with van der Waals surface area (Å²) in [6.07, 6.45) is 0. The van der Waals surface area contributed by atoms with Crippen molar-refractivity contribution in [2.24, 2.45) is 5.73 Å². The van der Waals surface area contributed by atoms with Gasteiger partial charge in [0.05, 0.1) is 0 Å². The van der Waals surface area contributed by atoms with Gasteiger partial charge in [-0.15, -0.1) is 0 Å². The summed E-state index contributed by atoms with van der Waals surface area (Å²) in [6, 6.07) is -0.150. The summed E-state index contributed by atoms with van der Waals surface area (Å²) in [7, 11) is 0. The molecule has 1 heterocycles. The lowest BCUT2D eigenvalue weighted by molar-refractivity contribution is -0.120. The van der Waals surface area contributed by atoms with E-state index < -0.39 is 0 Å². The summed E-state index contributed by atoms with van der Waals surface area (Å²) in [6.45, 7) is 3.98. The molecule has 1 atom stereocenters. The average Bonchev–Trinajstić information content (AvgIpc) is 1.62. The normalized spacial score (nSPS) is 31.1. The standard InChI is InChI=1S/C5H10N2OS/c1-5(2)3(4(6)8)7-9-5/h3,7H,1-2H3,(H2,6,8)/t3-/m1/s1. The fourth-order valence-electron chi connectivity index (χ4n) is 0.754. The molecule has 1 aliphatic rings. The van der Waals surface area contributed by atoms with Crippen LogP contribution in [0.1, 0.15) is 13.8 Å². The van der Waals surface area contributed by atoms with Gasteiger partial charge in [-0.25, -0.2) is 4.72 Å². The topological polar surface area (TPSA) is 55.1 Å². The van der Waals surface area contributed by atoms with Crippen molar-refractivity contribution in [2.75, 3.05) is 0 Å². The van der Waals surface area contributed by atoms with E-state index in [9.17, 15) is 4.79 Å². The highest BCUT2D eigenvalue weighted by molar-refractivity contribution is 8.00. The summed E-state index contributed by atoms with van der Waals surface area (Å²) in [5.41, 5.74) is 5.06. The van der Waals surface area contributed by atoms with Crippen LogP contribution < -0.4 is 10.5 Å². The first-order chi connectivity index (χ1) is 4.04. The van der Waals surface area contributed by atoms with Gasteiger partial charge in [0.15, 0.2) is 0 Å². The highest BCUT2D eigenvalue weighted by Crippen LogP contribution is 2.35. The molecule has 0 spiro atoms. The molecule has 3 nitrogen and oxygen atoms in total. The van der Waals surface area contributed by atoms with E-state index in [1.165, 1.54) is 0 Å². The number of carbonyl (C=O) groups excluding carboxylic acids is 1. The van der Waals surface area contributed by atoms with E-state index in [1.54, 1.807) is 11.9 Å². The lowest BCUT2D eigenvalue weighted by Gasteiger charge is -2.41. The molecule has 0 radical (unpaired) electrons. The predicted octanol–water partition coefficient (Wildman–Crippen LogP) is -0.130. The number of hydrogen-bond donors (Lipinski definition) is 2. The van der Waals surface area contributed by atoms with Gasteiger partial charge in [0.25, 0.3) is 0 Å². The van der Waals surface area contributed by atoms with Gasteiger partial charge in [-0.2, -0.15) is 0 Å². The molecule has 1 amide bonds. The van der Waals surface area contributed by atoms with Gasteiger partial charge in [0, 0.05) is 4.75 Å². The van der Waals surface area contributed by atoms with Crippen LogP contribution in [0.4, 0.5) is 0 Å². The van der Waals surface area contributed by atoms with Crippen molar-refractivity contribution in [3.63, 3.8) is 0 Å². The fraction of sp³-hybridized carbons (Fsp3) is 0.800. The average molecular weight is 146 g/mol. The van der Waals surface area contributed by atoms with Crippen LogP contribution in [0.2, 0.25) is 0 Å². The van der Waals surface area contributed by atoms with Crippen LogP contribution in [-0.2, 0) is 4.79 Å². The molecule has 0 unspecified atom stereocenters. The Kier molecular flexibility index (Phi) is 1.44. The second-order valence-electron chi connectivity index (χ2n) is 2.66. The van der Waals surface area contributed by atoms with Crippen molar-refractivity contribution >= 4 is 17.9 Å². The van der Waals surface area contributed by atoms with Crippen LogP contribution in [0.5, 0.6) is 0 Å². The second-order valence-corrected chi connectivity index (χ2v) is 4.15. The minimum atomic E-state index is -0.265. The molecule has 0 aromatic rings. The Morgan fingerprint density at radius 3 is 2.33 bits per heavy atom. The maximum atomic E-state index is 10.5. The van der Waals surface area contributed by atoms with Gasteiger partial charge >= 0.3 is 0 Å². The molecular weight excluding hydrogens is 136 g/mol.